The molecule has 2 aromatic rings. The van der Waals surface area contributed by atoms with Crippen LogP contribution in [0.4, 0.5) is 5.69 Å². The maximum absolute atomic E-state index is 13.5. The van der Waals surface area contributed by atoms with E-state index in [2.05, 4.69) is 10.6 Å². The molecule has 0 saturated carbocycles. The Morgan fingerprint density at radius 2 is 2.05 bits per heavy atom. The van der Waals surface area contributed by atoms with E-state index in [-0.39, 0.29) is 37.1 Å². The van der Waals surface area contributed by atoms with Crippen molar-refractivity contribution in [3.05, 3.63) is 54.0 Å². The summed E-state index contributed by atoms with van der Waals surface area (Å²) in [4.78, 5) is 49.5. The molecule has 0 unspecified atom stereocenters. The number of amides is 3. The van der Waals surface area contributed by atoms with Gasteiger partial charge in [0.2, 0.25) is 11.8 Å². The third-order valence-corrected chi connectivity index (χ3v) is 7.28. The minimum absolute atomic E-state index is 0.111. The minimum atomic E-state index is -0.704. The van der Waals surface area contributed by atoms with Gasteiger partial charge in [-0.15, -0.1) is 0 Å². The van der Waals surface area contributed by atoms with E-state index in [0.29, 0.717) is 42.0 Å². The average Bonchev–Trinajstić information content (AvgIpc) is 3.55. The Bertz CT molecular complexity index is 1180. The van der Waals surface area contributed by atoms with Crippen LogP contribution in [0.15, 0.2) is 57.1 Å². The predicted octanol–water partition coefficient (Wildman–Crippen LogP) is 3.00. The zero-order valence-electron chi connectivity index (χ0n) is 20.9. The van der Waals surface area contributed by atoms with E-state index in [1.54, 1.807) is 25.5 Å². The highest BCUT2D eigenvalue weighted by atomic mass is 32.2. The van der Waals surface area contributed by atoms with Gasteiger partial charge in [-0.05, 0) is 43.5 Å². The lowest BCUT2D eigenvalue weighted by atomic mass is 10.1. The molecule has 2 N–H and O–H groups in total. The number of benzene rings is 1. The summed E-state index contributed by atoms with van der Waals surface area (Å²) >= 11 is 1.26. The molecular weight excluding hydrogens is 494 g/mol. The SMILES string of the molecule is CC[C@H](SC1=Nc2ccccc2C2=N[C@@H](CCC(=O)NCc3ccco3)C(=O)N12)C(=O)NCCCOC. The second-order valence-corrected chi connectivity index (χ2v) is 9.77. The fraction of sp³-hybridized carbons (Fsp3) is 0.423. The first kappa shape index (κ1) is 26.6. The lowest BCUT2D eigenvalue weighted by Gasteiger charge is -2.27. The molecule has 37 heavy (non-hydrogen) atoms. The van der Waals surface area contributed by atoms with Crippen LogP contribution in [0, 0.1) is 0 Å². The normalized spacial score (nSPS) is 17.0. The zero-order valence-corrected chi connectivity index (χ0v) is 21.8. The summed E-state index contributed by atoms with van der Waals surface area (Å²) in [5, 5.41) is 5.73. The number of carbonyl (C=O) groups is 3. The third-order valence-electron chi connectivity index (χ3n) is 5.97. The molecule has 1 aromatic heterocycles. The molecule has 10 nitrogen and oxygen atoms in total. The van der Waals surface area contributed by atoms with Crippen LogP contribution >= 0.6 is 11.8 Å². The van der Waals surface area contributed by atoms with Crippen LogP contribution in [0.3, 0.4) is 0 Å². The standard InChI is InChI=1S/C26H31N5O5S/c1-3-21(24(33)27-13-7-14-35-2)37-26-30-19-10-5-4-9-18(19)23-29-20(25(34)31(23)26)11-12-22(32)28-16-17-8-6-15-36-17/h4-6,8-10,15,20-21H,3,7,11-14,16H2,1-2H3,(H,27,33)(H,28,32)/t20-,21-/m0/s1. The van der Waals surface area contributed by atoms with Gasteiger partial charge in [-0.25, -0.2) is 9.89 Å². The molecule has 0 radical (unpaired) electrons. The summed E-state index contributed by atoms with van der Waals surface area (Å²) in [6.45, 7) is 3.29. The number of thioether (sulfide) groups is 1. The molecule has 3 heterocycles. The molecule has 2 atom stereocenters. The van der Waals surface area contributed by atoms with Crippen LogP contribution in [0.1, 0.15) is 43.9 Å². The fourth-order valence-corrected chi connectivity index (χ4v) is 5.06. The summed E-state index contributed by atoms with van der Waals surface area (Å²) in [6.07, 6.45) is 3.24. The number of methoxy groups -OCH3 is 1. The Kier molecular flexibility index (Phi) is 9.13. The number of carbonyl (C=O) groups excluding carboxylic acids is 3. The van der Waals surface area contributed by atoms with Crippen LogP contribution in [-0.2, 0) is 25.7 Å². The minimum Gasteiger partial charge on any atom is -0.467 e. The molecule has 0 spiro atoms. The number of nitrogens with zero attached hydrogens (tertiary/aromatic N) is 3. The third kappa shape index (κ3) is 6.47. The number of para-hydroxylation sites is 1. The number of rotatable bonds is 12. The smallest absolute Gasteiger partial charge is 0.259 e. The van der Waals surface area contributed by atoms with E-state index in [9.17, 15) is 14.4 Å². The molecule has 2 aliphatic rings. The average molecular weight is 526 g/mol. The van der Waals surface area contributed by atoms with Crippen LogP contribution in [0.5, 0.6) is 0 Å². The van der Waals surface area contributed by atoms with Crippen LogP contribution in [0.2, 0.25) is 0 Å². The van der Waals surface area contributed by atoms with Crippen molar-refractivity contribution >= 4 is 46.2 Å². The molecule has 2 aliphatic heterocycles. The van der Waals surface area contributed by atoms with Crippen molar-refractivity contribution < 1.29 is 23.5 Å². The first-order chi connectivity index (χ1) is 18.0. The quantitative estimate of drug-likeness (QED) is 0.411. The second kappa shape index (κ2) is 12.7. The molecule has 0 fully saturated rings. The summed E-state index contributed by atoms with van der Waals surface area (Å²) in [6, 6.07) is 10.3. The van der Waals surface area contributed by atoms with Gasteiger partial charge >= 0.3 is 0 Å². The van der Waals surface area contributed by atoms with Gasteiger partial charge in [0.05, 0.1) is 23.7 Å². The predicted molar refractivity (Wildman–Crippen MR) is 142 cm³/mol. The molecule has 3 amide bonds. The van der Waals surface area contributed by atoms with Crippen LogP contribution < -0.4 is 10.6 Å². The van der Waals surface area contributed by atoms with Gasteiger partial charge in [0.25, 0.3) is 5.91 Å². The largest absolute Gasteiger partial charge is 0.467 e. The molecule has 0 aliphatic carbocycles. The zero-order chi connectivity index (χ0) is 26.2. The molecule has 0 saturated heterocycles. The van der Waals surface area contributed by atoms with Gasteiger partial charge in [-0.1, -0.05) is 30.8 Å². The van der Waals surface area contributed by atoms with Crippen molar-refractivity contribution in [1.82, 2.24) is 15.5 Å². The fourth-order valence-electron chi connectivity index (χ4n) is 4.02. The molecular formula is C26H31N5O5S. The lowest BCUT2D eigenvalue weighted by Crippen LogP contribution is -2.43. The van der Waals surface area contributed by atoms with Gasteiger partial charge in [-0.3, -0.25) is 19.4 Å². The van der Waals surface area contributed by atoms with Gasteiger partial charge < -0.3 is 19.8 Å². The maximum Gasteiger partial charge on any atom is 0.259 e. The monoisotopic (exact) mass is 525 g/mol. The van der Waals surface area contributed by atoms with E-state index >= 15 is 0 Å². The van der Waals surface area contributed by atoms with Crippen molar-refractivity contribution in [3.8, 4) is 0 Å². The Hall–Kier alpha value is -3.44. The van der Waals surface area contributed by atoms with Crippen molar-refractivity contribution in [2.45, 2.75) is 50.4 Å². The molecule has 4 rings (SSSR count). The van der Waals surface area contributed by atoms with E-state index in [4.69, 9.17) is 19.1 Å². The summed E-state index contributed by atoms with van der Waals surface area (Å²) < 4.78 is 10.3. The van der Waals surface area contributed by atoms with Crippen molar-refractivity contribution in [1.29, 1.82) is 0 Å². The topological polar surface area (TPSA) is 126 Å². The maximum atomic E-state index is 13.5. The molecule has 1 aromatic carbocycles. The molecule has 11 heteroatoms. The van der Waals surface area contributed by atoms with Crippen molar-refractivity contribution in [2.24, 2.45) is 9.98 Å². The number of hydrogen-bond acceptors (Lipinski definition) is 8. The molecule has 0 bridgehead atoms. The number of nitrogens with one attached hydrogen (secondary N) is 2. The number of fused-ring (bicyclic) bond motifs is 3. The number of furan rings is 1. The van der Waals surface area contributed by atoms with E-state index in [1.807, 2.05) is 31.2 Å². The first-order valence-corrected chi connectivity index (χ1v) is 13.2. The van der Waals surface area contributed by atoms with E-state index in [0.717, 1.165) is 12.0 Å². The summed E-state index contributed by atoms with van der Waals surface area (Å²) in [5.41, 5.74) is 1.45. The number of aliphatic imine (C=N–C) groups is 2. The Morgan fingerprint density at radius 1 is 1.22 bits per heavy atom. The van der Waals surface area contributed by atoms with Crippen molar-refractivity contribution in [2.75, 3.05) is 20.3 Å². The Labute approximate surface area is 219 Å². The Morgan fingerprint density at radius 3 is 2.81 bits per heavy atom. The van der Waals surface area contributed by atoms with E-state index in [1.165, 1.54) is 16.7 Å². The van der Waals surface area contributed by atoms with Crippen molar-refractivity contribution in [3.63, 3.8) is 0 Å². The number of amidine groups is 2. The molecule has 196 valence electrons. The highest BCUT2D eigenvalue weighted by Gasteiger charge is 2.42. The number of hydrogen-bond donors (Lipinski definition) is 2. The highest BCUT2D eigenvalue weighted by Crippen LogP contribution is 2.35. The van der Waals surface area contributed by atoms with E-state index < -0.39 is 11.3 Å². The number of ether oxygens (including phenoxy) is 1. The highest BCUT2D eigenvalue weighted by molar-refractivity contribution is 8.15. The summed E-state index contributed by atoms with van der Waals surface area (Å²) in [5.74, 6) is 0.624. The lowest BCUT2D eigenvalue weighted by molar-refractivity contribution is -0.125. The van der Waals surface area contributed by atoms with Crippen LogP contribution in [0.25, 0.3) is 0 Å². The van der Waals surface area contributed by atoms with Gasteiger partial charge in [0, 0.05) is 32.2 Å². The first-order valence-electron chi connectivity index (χ1n) is 12.3. The summed E-state index contributed by atoms with van der Waals surface area (Å²) in [7, 11) is 1.62. The van der Waals surface area contributed by atoms with Gasteiger partial charge in [0.1, 0.15) is 17.6 Å². The Balaban J connectivity index is 1.45. The van der Waals surface area contributed by atoms with Crippen LogP contribution in [-0.4, -0.2) is 65.2 Å². The van der Waals surface area contributed by atoms with Gasteiger partial charge in [0.15, 0.2) is 5.17 Å². The van der Waals surface area contributed by atoms with Gasteiger partial charge in [-0.2, -0.15) is 0 Å². The second-order valence-electron chi connectivity index (χ2n) is 8.60.